The van der Waals surface area contributed by atoms with Gasteiger partial charge in [0.1, 0.15) is 0 Å². The summed E-state index contributed by atoms with van der Waals surface area (Å²) in [6.45, 7) is 0. The Morgan fingerprint density at radius 3 is 2.72 bits per heavy atom. The summed E-state index contributed by atoms with van der Waals surface area (Å²) in [7, 11) is 0. The van der Waals surface area contributed by atoms with Crippen molar-refractivity contribution in [2.24, 2.45) is 0 Å². The molecule has 1 heterocycles. The molecule has 1 unspecified atom stereocenters. The van der Waals surface area contributed by atoms with Gasteiger partial charge in [-0.1, -0.05) is 15.9 Å². The van der Waals surface area contributed by atoms with Crippen LogP contribution in [0.3, 0.4) is 0 Å². The fourth-order valence-corrected chi connectivity index (χ4v) is 3.25. The van der Waals surface area contributed by atoms with Crippen molar-refractivity contribution in [1.82, 2.24) is 5.32 Å². The van der Waals surface area contributed by atoms with E-state index in [1.807, 2.05) is 0 Å². The standard InChI is InChI=1S/C11H8BrNO4S/c12-5-1-2-6(11(16)17)7(3-5)18-8-4-9(14)13-10(8)15/h1-3,8H,4H2,(H,16,17)(H,13,14,15). The number of thioether (sulfide) groups is 1. The molecule has 1 aromatic rings. The molecule has 1 atom stereocenters. The summed E-state index contributed by atoms with van der Waals surface area (Å²) in [6.07, 6.45) is 0.0784. The quantitative estimate of drug-likeness (QED) is 0.824. The second-order valence-electron chi connectivity index (χ2n) is 3.67. The molecule has 0 saturated carbocycles. The Morgan fingerprint density at radius 2 is 2.17 bits per heavy atom. The highest BCUT2D eigenvalue weighted by Crippen LogP contribution is 2.32. The van der Waals surface area contributed by atoms with Gasteiger partial charge in [0.15, 0.2) is 0 Å². The van der Waals surface area contributed by atoms with E-state index >= 15 is 0 Å². The predicted octanol–water partition coefficient (Wildman–Crippen LogP) is 1.65. The number of aromatic carboxylic acids is 1. The van der Waals surface area contributed by atoms with Crippen LogP contribution in [-0.2, 0) is 9.59 Å². The van der Waals surface area contributed by atoms with Gasteiger partial charge in [-0.05, 0) is 18.2 Å². The van der Waals surface area contributed by atoms with Gasteiger partial charge in [0.25, 0.3) is 0 Å². The molecule has 0 aliphatic carbocycles. The molecule has 2 rings (SSSR count). The molecule has 18 heavy (non-hydrogen) atoms. The van der Waals surface area contributed by atoms with Crippen LogP contribution < -0.4 is 5.32 Å². The maximum absolute atomic E-state index is 11.4. The largest absolute Gasteiger partial charge is 0.478 e. The molecule has 0 bridgehead atoms. The first-order chi connectivity index (χ1) is 8.47. The van der Waals surface area contributed by atoms with E-state index < -0.39 is 11.2 Å². The normalized spacial score (nSPS) is 18.8. The Balaban J connectivity index is 2.28. The van der Waals surface area contributed by atoms with Crippen molar-refractivity contribution in [3.63, 3.8) is 0 Å². The first kappa shape index (κ1) is 13.1. The van der Waals surface area contributed by atoms with Crippen molar-refractivity contribution >= 4 is 45.5 Å². The Labute approximate surface area is 115 Å². The minimum absolute atomic E-state index is 0.0784. The molecule has 5 nitrogen and oxygen atoms in total. The number of nitrogens with one attached hydrogen (secondary N) is 1. The van der Waals surface area contributed by atoms with E-state index in [1.54, 1.807) is 12.1 Å². The Kier molecular flexibility index (Phi) is 3.72. The molecule has 1 saturated heterocycles. The summed E-state index contributed by atoms with van der Waals surface area (Å²) in [5.41, 5.74) is 0.121. The molecule has 1 aromatic carbocycles. The van der Waals surface area contributed by atoms with E-state index in [4.69, 9.17) is 5.11 Å². The number of halogens is 1. The molecular formula is C11H8BrNO4S. The van der Waals surface area contributed by atoms with E-state index in [0.717, 1.165) is 16.2 Å². The number of carbonyl (C=O) groups excluding carboxylic acids is 2. The van der Waals surface area contributed by atoms with Crippen molar-refractivity contribution in [3.05, 3.63) is 28.2 Å². The first-order valence-corrected chi connectivity index (χ1v) is 6.68. The molecule has 2 amide bonds. The van der Waals surface area contributed by atoms with E-state index in [1.165, 1.54) is 6.07 Å². The zero-order valence-electron chi connectivity index (χ0n) is 8.97. The van der Waals surface area contributed by atoms with E-state index in [0.29, 0.717) is 4.90 Å². The summed E-state index contributed by atoms with van der Waals surface area (Å²) >= 11 is 4.34. The highest BCUT2D eigenvalue weighted by molar-refractivity contribution is 9.10. The van der Waals surface area contributed by atoms with Crippen LogP contribution in [-0.4, -0.2) is 28.1 Å². The average Bonchev–Trinajstić information content (AvgIpc) is 2.57. The third kappa shape index (κ3) is 2.73. The number of hydrogen-bond acceptors (Lipinski definition) is 4. The van der Waals surface area contributed by atoms with Crippen LogP contribution in [0.1, 0.15) is 16.8 Å². The molecule has 0 spiro atoms. The van der Waals surface area contributed by atoms with Crippen LogP contribution in [0.5, 0.6) is 0 Å². The Hall–Kier alpha value is -1.34. The lowest BCUT2D eigenvalue weighted by Gasteiger charge is -2.09. The summed E-state index contributed by atoms with van der Waals surface area (Å²) in [5, 5.41) is 10.7. The number of imide groups is 1. The Morgan fingerprint density at radius 1 is 1.44 bits per heavy atom. The van der Waals surface area contributed by atoms with Gasteiger partial charge in [-0.15, -0.1) is 11.8 Å². The minimum Gasteiger partial charge on any atom is -0.478 e. The molecule has 0 aromatic heterocycles. The molecular weight excluding hydrogens is 322 g/mol. The van der Waals surface area contributed by atoms with E-state index in [-0.39, 0.29) is 23.8 Å². The maximum Gasteiger partial charge on any atom is 0.336 e. The van der Waals surface area contributed by atoms with Crippen LogP contribution in [0.2, 0.25) is 0 Å². The van der Waals surface area contributed by atoms with Crippen LogP contribution in [0.15, 0.2) is 27.6 Å². The zero-order chi connectivity index (χ0) is 13.3. The van der Waals surface area contributed by atoms with Gasteiger partial charge in [-0.2, -0.15) is 0 Å². The highest BCUT2D eigenvalue weighted by Gasteiger charge is 2.32. The van der Waals surface area contributed by atoms with Crippen molar-refractivity contribution in [1.29, 1.82) is 0 Å². The number of carboxylic acids is 1. The van der Waals surface area contributed by atoms with Crippen molar-refractivity contribution in [3.8, 4) is 0 Å². The number of benzene rings is 1. The maximum atomic E-state index is 11.4. The lowest BCUT2D eigenvalue weighted by Crippen LogP contribution is -2.23. The molecule has 1 aliphatic rings. The van der Waals surface area contributed by atoms with Crippen LogP contribution in [0.4, 0.5) is 0 Å². The smallest absolute Gasteiger partial charge is 0.336 e. The van der Waals surface area contributed by atoms with Crippen LogP contribution in [0, 0.1) is 0 Å². The highest BCUT2D eigenvalue weighted by atomic mass is 79.9. The monoisotopic (exact) mass is 329 g/mol. The summed E-state index contributed by atoms with van der Waals surface area (Å²) in [5.74, 6) is -1.76. The molecule has 2 N–H and O–H groups in total. The third-order valence-corrected chi connectivity index (χ3v) is 4.12. The number of carboxylic acid groups (broad SMARTS) is 1. The fraction of sp³-hybridized carbons (Fsp3) is 0.182. The van der Waals surface area contributed by atoms with Crippen molar-refractivity contribution in [2.75, 3.05) is 0 Å². The second-order valence-corrected chi connectivity index (χ2v) is 5.83. The molecule has 1 fully saturated rings. The van der Waals surface area contributed by atoms with Gasteiger partial charge >= 0.3 is 5.97 Å². The van der Waals surface area contributed by atoms with Gasteiger partial charge in [-0.3, -0.25) is 14.9 Å². The number of amides is 2. The van der Waals surface area contributed by atoms with Crippen molar-refractivity contribution < 1.29 is 19.5 Å². The third-order valence-electron chi connectivity index (χ3n) is 2.37. The zero-order valence-corrected chi connectivity index (χ0v) is 11.4. The van der Waals surface area contributed by atoms with Gasteiger partial charge in [-0.25, -0.2) is 4.79 Å². The number of carbonyl (C=O) groups is 3. The van der Waals surface area contributed by atoms with Gasteiger partial charge in [0.2, 0.25) is 11.8 Å². The van der Waals surface area contributed by atoms with Crippen LogP contribution in [0.25, 0.3) is 0 Å². The van der Waals surface area contributed by atoms with E-state index in [9.17, 15) is 14.4 Å². The molecule has 7 heteroatoms. The number of hydrogen-bond donors (Lipinski definition) is 2. The lowest BCUT2D eigenvalue weighted by molar-refractivity contribution is -0.124. The SMILES string of the molecule is O=C1CC(Sc2cc(Br)ccc2C(=O)O)C(=O)N1. The van der Waals surface area contributed by atoms with Gasteiger partial charge in [0.05, 0.1) is 10.8 Å². The molecule has 1 aliphatic heterocycles. The minimum atomic E-state index is -1.06. The predicted molar refractivity (Wildman–Crippen MR) is 68.5 cm³/mol. The number of rotatable bonds is 3. The van der Waals surface area contributed by atoms with Gasteiger partial charge < -0.3 is 5.11 Å². The average molecular weight is 330 g/mol. The topological polar surface area (TPSA) is 83.5 Å². The fourth-order valence-electron chi connectivity index (χ4n) is 1.55. The lowest BCUT2D eigenvalue weighted by atomic mass is 10.2. The second kappa shape index (κ2) is 5.11. The van der Waals surface area contributed by atoms with Crippen LogP contribution >= 0.6 is 27.7 Å². The first-order valence-electron chi connectivity index (χ1n) is 5.00. The summed E-state index contributed by atoms with van der Waals surface area (Å²) in [4.78, 5) is 34.0. The Bertz CT molecular complexity index is 546. The summed E-state index contributed by atoms with van der Waals surface area (Å²) < 4.78 is 0.722. The summed E-state index contributed by atoms with van der Waals surface area (Å²) in [6, 6.07) is 4.71. The molecule has 94 valence electrons. The van der Waals surface area contributed by atoms with Gasteiger partial charge in [0, 0.05) is 15.8 Å². The molecule has 0 radical (unpaired) electrons. The van der Waals surface area contributed by atoms with Crippen molar-refractivity contribution in [2.45, 2.75) is 16.6 Å². The van der Waals surface area contributed by atoms with E-state index in [2.05, 4.69) is 21.2 Å².